The first-order valence-electron chi connectivity index (χ1n) is 19.0. The zero-order chi connectivity index (χ0) is 42.4. The molecule has 0 aliphatic carbocycles. The van der Waals surface area contributed by atoms with Crippen LogP contribution in [0.25, 0.3) is 0 Å². The molecular weight excluding hydrogens is 757 g/mol. The van der Waals surface area contributed by atoms with Gasteiger partial charge in [0.1, 0.15) is 17.2 Å². The molecule has 0 saturated carbocycles. The fourth-order valence-corrected chi connectivity index (χ4v) is 5.17. The van der Waals surface area contributed by atoms with Crippen LogP contribution >= 0.6 is 0 Å². The number of unbranched alkanes of at least 4 members (excludes halogenated alkanes) is 2. The van der Waals surface area contributed by atoms with E-state index < -0.39 is 23.9 Å². The van der Waals surface area contributed by atoms with E-state index in [-0.39, 0.29) is 5.75 Å². The summed E-state index contributed by atoms with van der Waals surface area (Å²) in [4.78, 5) is 47.9. The van der Waals surface area contributed by atoms with Crippen LogP contribution in [0.2, 0.25) is 0 Å². The number of methoxy groups -OCH3 is 1. The van der Waals surface area contributed by atoms with E-state index in [1.807, 2.05) is 26.0 Å². The largest absolute Gasteiger partial charge is 0.494 e. The summed E-state index contributed by atoms with van der Waals surface area (Å²) in [5, 5.41) is 8.96. The molecule has 4 aromatic rings. The van der Waals surface area contributed by atoms with E-state index in [0.29, 0.717) is 104 Å². The molecule has 0 aliphatic rings. The maximum Gasteiger partial charge on any atom is 0.343 e. The van der Waals surface area contributed by atoms with Crippen LogP contribution in [-0.4, -0.2) is 68.8 Å². The van der Waals surface area contributed by atoms with Crippen LogP contribution in [0.3, 0.4) is 0 Å². The summed E-state index contributed by atoms with van der Waals surface area (Å²) in [5.41, 5.74) is 3.55. The Morgan fingerprint density at radius 2 is 1.02 bits per heavy atom. The Bertz CT molecular complexity index is 2110. The van der Waals surface area contributed by atoms with Crippen LogP contribution in [0.1, 0.15) is 77.8 Å². The van der Waals surface area contributed by atoms with Crippen molar-refractivity contribution in [1.82, 2.24) is 0 Å². The molecule has 0 atom stereocenters. The predicted octanol–water partition coefficient (Wildman–Crippen LogP) is 8.53. The van der Waals surface area contributed by atoms with Crippen LogP contribution in [-0.2, 0) is 19.1 Å². The van der Waals surface area contributed by atoms with Crippen LogP contribution in [0.5, 0.6) is 28.7 Å². The first-order valence-corrected chi connectivity index (χ1v) is 19.0. The van der Waals surface area contributed by atoms with Crippen LogP contribution in [0.4, 0.5) is 0 Å². The molecule has 0 N–H and O–H groups in total. The summed E-state index contributed by atoms with van der Waals surface area (Å²) < 4.78 is 38.0. The summed E-state index contributed by atoms with van der Waals surface area (Å²) in [6, 6.07) is 25.4. The Hall–Kier alpha value is -7.02. The predicted molar refractivity (Wildman–Crippen MR) is 223 cm³/mol. The van der Waals surface area contributed by atoms with Crippen LogP contribution in [0.15, 0.2) is 127 Å². The highest BCUT2D eigenvalue weighted by Crippen LogP contribution is 2.30. The van der Waals surface area contributed by atoms with Gasteiger partial charge in [0, 0.05) is 17.7 Å². The number of hydrogen-bond acceptors (Lipinski definition) is 13. The molecule has 0 unspecified atom stereocenters. The molecule has 13 heteroatoms. The van der Waals surface area contributed by atoms with E-state index in [9.17, 15) is 19.2 Å². The van der Waals surface area contributed by atoms with Crippen molar-refractivity contribution in [3.05, 3.63) is 139 Å². The van der Waals surface area contributed by atoms with Crippen molar-refractivity contribution >= 4 is 35.3 Å². The van der Waals surface area contributed by atoms with Gasteiger partial charge in [-0.25, -0.2) is 19.2 Å². The second kappa shape index (κ2) is 23.9. The molecular formula is C46H48N2O11. The highest BCUT2D eigenvalue weighted by Gasteiger charge is 2.15. The minimum atomic E-state index is -0.565. The van der Waals surface area contributed by atoms with Crippen molar-refractivity contribution in [2.45, 2.75) is 46.0 Å². The second-order valence-electron chi connectivity index (χ2n) is 12.7. The topological polar surface area (TPSA) is 158 Å². The summed E-state index contributed by atoms with van der Waals surface area (Å²) in [6.07, 6.45) is 5.54. The molecule has 4 aromatic carbocycles. The smallest absolute Gasteiger partial charge is 0.343 e. The van der Waals surface area contributed by atoms with Crippen molar-refractivity contribution in [3.8, 4) is 28.7 Å². The molecule has 4 rings (SSSR count). The first kappa shape index (κ1) is 44.7. The first-order chi connectivity index (χ1) is 28.6. The Balaban J connectivity index is 1.27. The molecule has 0 spiro atoms. The van der Waals surface area contributed by atoms with E-state index in [0.717, 1.165) is 23.4 Å². The molecule has 13 nitrogen and oxygen atoms in total. The van der Waals surface area contributed by atoms with Gasteiger partial charge in [-0.05, 0) is 136 Å². The molecule has 0 amide bonds. The van der Waals surface area contributed by atoms with Gasteiger partial charge in [-0.3, -0.25) is 0 Å². The summed E-state index contributed by atoms with van der Waals surface area (Å²) in [6.45, 7) is 12.0. The van der Waals surface area contributed by atoms with E-state index in [1.165, 1.54) is 7.11 Å². The number of hydrogen-bond donors (Lipinski definition) is 0. The molecule has 59 heavy (non-hydrogen) atoms. The molecule has 0 aliphatic heterocycles. The van der Waals surface area contributed by atoms with Gasteiger partial charge in [0.25, 0.3) is 0 Å². The normalized spacial score (nSPS) is 11.2. The third-order valence-corrected chi connectivity index (χ3v) is 8.45. The third kappa shape index (κ3) is 14.8. The van der Waals surface area contributed by atoms with Crippen LogP contribution in [0, 0.1) is 0 Å². The van der Waals surface area contributed by atoms with Crippen molar-refractivity contribution in [2.24, 2.45) is 10.2 Å². The maximum atomic E-state index is 12.9. The Morgan fingerprint density at radius 3 is 1.51 bits per heavy atom. The lowest BCUT2D eigenvalue weighted by molar-refractivity contribution is -0.138. The van der Waals surface area contributed by atoms with Gasteiger partial charge in [0.2, 0.25) is 0 Å². The van der Waals surface area contributed by atoms with Gasteiger partial charge >= 0.3 is 23.9 Å². The summed E-state index contributed by atoms with van der Waals surface area (Å²) in [7, 11) is 1.48. The van der Waals surface area contributed by atoms with Crippen molar-refractivity contribution in [3.63, 3.8) is 0 Å². The zero-order valence-electron chi connectivity index (χ0n) is 33.5. The Labute approximate surface area is 343 Å². The van der Waals surface area contributed by atoms with E-state index >= 15 is 0 Å². The average Bonchev–Trinajstić information content (AvgIpc) is 3.26. The minimum absolute atomic E-state index is 0.241. The summed E-state index contributed by atoms with van der Waals surface area (Å²) in [5.74, 6) is 0.186. The lowest BCUT2D eigenvalue weighted by Crippen LogP contribution is -2.10. The number of nitrogens with zero attached hydrogens (tertiary/aromatic N) is 2. The van der Waals surface area contributed by atoms with Gasteiger partial charge in [-0.2, -0.15) is 10.2 Å². The van der Waals surface area contributed by atoms with E-state index in [1.54, 1.807) is 78.9 Å². The fraction of sp³-hybridized carbons (Fsp3) is 0.261. The van der Waals surface area contributed by atoms with Crippen molar-refractivity contribution < 1.29 is 52.3 Å². The van der Waals surface area contributed by atoms with E-state index in [4.69, 9.17) is 33.2 Å². The number of carbonyl (C=O) groups is 4. The standard InChI is InChI=1S/C46H48N2O11/c1-6-40(33-13-24-39(25-14-33)58-45(51)34-15-20-37(21-16-34)54-27-9-11-29-56-43(49)7-2)48-47-32(4)36-19-26-41(42(31-36)53-5)59-46(52)35-17-22-38(23-18-35)55-28-10-12-30-57-44(50)8-3/h7-8,13-26,31H,2-3,6,9-12,27-30H2,1,4-5H3. The molecule has 308 valence electrons. The maximum absolute atomic E-state index is 12.9. The SMILES string of the molecule is C=CC(=O)OCCCCOc1ccc(C(=O)Oc2ccc(C(CC)=NN=C(C)c3ccc(OC(=O)c4ccc(OCCCCOC(=O)C=C)cc4)c(OC)c3)cc2)cc1. The Kier molecular flexibility index (Phi) is 18.1. The second-order valence-corrected chi connectivity index (χ2v) is 12.7. The van der Waals surface area contributed by atoms with E-state index in [2.05, 4.69) is 23.4 Å². The number of carbonyl (C=O) groups excluding carboxylic acids is 4. The van der Waals surface area contributed by atoms with Crippen LogP contribution < -0.4 is 23.7 Å². The third-order valence-electron chi connectivity index (χ3n) is 8.45. The molecule has 0 heterocycles. The molecule has 0 fully saturated rings. The number of ether oxygens (including phenoxy) is 7. The Morgan fingerprint density at radius 1 is 0.559 bits per heavy atom. The number of benzene rings is 4. The van der Waals surface area contributed by atoms with Gasteiger partial charge in [-0.1, -0.05) is 20.1 Å². The van der Waals surface area contributed by atoms with Gasteiger partial charge in [0.15, 0.2) is 11.5 Å². The lowest BCUT2D eigenvalue weighted by Gasteiger charge is -2.11. The molecule has 0 radical (unpaired) electrons. The molecule has 0 aromatic heterocycles. The molecule has 0 saturated heterocycles. The van der Waals surface area contributed by atoms with Gasteiger partial charge in [-0.15, -0.1) is 0 Å². The number of esters is 4. The van der Waals surface area contributed by atoms with Gasteiger partial charge < -0.3 is 33.2 Å². The quantitative estimate of drug-likeness (QED) is 0.0177. The highest BCUT2D eigenvalue weighted by atomic mass is 16.6. The highest BCUT2D eigenvalue weighted by molar-refractivity contribution is 6.03. The molecule has 0 bridgehead atoms. The minimum Gasteiger partial charge on any atom is -0.494 e. The van der Waals surface area contributed by atoms with Gasteiger partial charge in [0.05, 0.1) is 56.1 Å². The monoisotopic (exact) mass is 804 g/mol. The number of rotatable bonds is 23. The van der Waals surface area contributed by atoms with Crippen molar-refractivity contribution in [2.75, 3.05) is 33.5 Å². The zero-order valence-corrected chi connectivity index (χ0v) is 33.5. The fourth-order valence-electron chi connectivity index (χ4n) is 5.17. The lowest BCUT2D eigenvalue weighted by atomic mass is 10.1. The van der Waals surface area contributed by atoms with Crippen molar-refractivity contribution in [1.29, 1.82) is 0 Å². The summed E-state index contributed by atoms with van der Waals surface area (Å²) >= 11 is 0. The average molecular weight is 805 g/mol.